The van der Waals surface area contributed by atoms with Crippen LogP contribution < -0.4 is 0 Å². The second-order valence-corrected chi connectivity index (χ2v) is 3.23. The summed E-state index contributed by atoms with van der Waals surface area (Å²) in [6.07, 6.45) is 1.70. The van der Waals surface area contributed by atoms with E-state index in [1.165, 1.54) is 0 Å². The van der Waals surface area contributed by atoms with Crippen molar-refractivity contribution in [1.82, 2.24) is 9.80 Å². The fourth-order valence-electron chi connectivity index (χ4n) is 0.940. The highest BCUT2D eigenvalue weighted by molar-refractivity contribution is 6.29. The number of hydrogen-bond donors (Lipinski definition) is 0. The van der Waals surface area contributed by atoms with Crippen molar-refractivity contribution in [2.24, 2.45) is 0 Å². The molecule has 10 heavy (non-hydrogen) atoms. The first-order valence-electron chi connectivity index (χ1n) is 3.03. The number of rotatable bonds is 1. The summed E-state index contributed by atoms with van der Waals surface area (Å²) in [6, 6.07) is 0. The van der Waals surface area contributed by atoms with Crippen LogP contribution >= 0.6 is 23.2 Å². The Morgan fingerprint density at radius 2 is 2.10 bits per heavy atom. The van der Waals surface area contributed by atoms with Gasteiger partial charge >= 0.3 is 0 Å². The van der Waals surface area contributed by atoms with E-state index < -0.39 is 0 Å². The van der Waals surface area contributed by atoms with Crippen molar-refractivity contribution in [2.45, 2.75) is 11.0 Å². The van der Waals surface area contributed by atoms with Gasteiger partial charge in [0.2, 0.25) is 0 Å². The first-order chi connectivity index (χ1) is 4.66. The third-order valence-corrected chi connectivity index (χ3v) is 2.78. The van der Waals surface area contributed by atoms with E-state index in [9.17, 15) is 0 Å². The number of nitrogens with zero attached hydrogens (tertiary/aromatic N) is 2. The number of likely N-dealkylation sites (N-methyl/N-ethyl adjacent to an activating group) is 1. The van der Waals surface area contributed by atoms with E-state index in [2.05, 4.69) is 6.58 Å². The van der Waals surface area contributed by atoms with Gasteiger partial charge in [0, 0.05) is 0 Å². The Morgan fingerprint density at radius 3 is 2.30 bits per heavy atom. The van der Waals surface area contributed by atoms with E-state index in [4.69, 9.17) is 23.2 Å². The Morgan fingerprint density at radius 1 is 1.50 bits per heavy atom. The number of hydrogen-bond acceptors (Lipinski definition) is 2. The van der Waals surface area contributed by atoms with Gasteiger partial charge < -0.3 is 4.90 Å². The van der Waals surface area contributed by atoms with Gasteiger partial charge in [0.1, 0.15) is 11.0 Å². The van der Waals surface area contributed by atoms with Gasteiger partial charge in [-0.1, -0.05) is 18.2 Å². The lowest BCUT2D eigenvalue weighted by Gasteiger charge is -2.14. The van der Waals surface area contributed by atoms with E-state index in [0.717, 1.165) is 6.67 Å². The molecule has 2 atom stereocenters. The van der Waals surface area contributed by atoms with Crippen LogP contribution in [0.1, 0.15) is 0 Å². The van der Waals surface area contributed by atoms with Gasteiger partial charge in [-0.15, -0.1) is 11.6 Å². The molecule has 0 bridgehead atoms. The van der Waals surface area contributed by atoms with Crippen molar-refractivity contribution in [3.8, 4) is 0 Å². The fourth-order valence-corrected chi connectivity index (χ4v) is 1.48. The third kappa shape index (κ3) is 1.24. The highest BCUT2D eigenvalue weighted by Gasteiger charge is 2.32. The average Bonchev–Trinajstić information content (AvgIpc) is 2.17. The van der Waals surface area contributed by atoms with Crippen LogP contribution in [0.4, 0.5) is 0 Å². The lowest BCUT2D eigenvalue weighted by Crippen LogP contribution is -2.24. The zero-order chi connectivity index (χ0) is 7.72. The Bertz CT molecular complexity index is 140. The Hall–Kier alpha value is 0.0800. The monoisotopic (exact) mass is 180 g/mol. The maximum absolute atomic E-state index is 5.90. The zero-order valence-electron chi connectivity index (χ0n) is 5.80. The van der Waals surface area contributed by atoms with Crippen LogP contribution in [-0.4, -0.2) is 34.5 Å². The smallest absolute Gasteiger partial charge is 0.134 e. The van der Waals surface area contributed by atoms with Gasteiger partial charge in [-0.05, 0) is 13.2 Å². The van der Waals surface area contributed by atoms with E-state index >= 15 is 0 Å². The van der Waals surface area contributed by atoms with Crippen molar-refractivity contribution < 1.29 is 0 Å². The van der Waals surface area contributed by atoms with Gasteiger partial charge in [0.15, 0.2) is 0 Å². The van der Waals surface area contributed by atoms with Crippen LogP contribution in [0, 0.1) is 0 Å². The van der Waals surface area contributed by atoms with Crippen molar-refractivity contribution in [3.63, 3.8) is 0 Å². The van der Waals surface area contributed by atoms with Crippen LogP contribution in [0.3, 0.4) is 0 Å². The lowest BCUT2D eigenvalue weighted by molar-refractivity contribution is 0.328. The molecule has 0 saturated carbocycles. The summed E-state index contributed by atoms with van der Waals surface area (Å²) in [7, 11) is 1.93. The third-order valence-electron chi connectivity index (χ3n) is 1.59. The molecule has 0 spiro atoms. The minimum absolute atomic E-state index is 0.111. The molecule has 0 N–H and O–H groups in total. The van der Waals surface area contributed by atoms with Crippen LogP contribution in [0.2, 0.25) is 0 Å². The predicted molar refractivity (Wildman–Crippen MR) is 43.9 cm³/mol. The molecular weight excluding hydrogens is 171 g/mol. The highest BCUT2D eigenvalue weighted by Crippen LogP contribution is 2.24. The molecule has 1 rings (SSSR count). The number of halogens is 2. The summed E-state index contributed by atoms with van der Waals surface area (Å²) in [5.74, 6) is 0. The molecule has 1 aliphatic heterocycles. The molecule has 0 aromatic heterocycles. The van der Waals surface area contributed by atoms with Crippen molar-refractivity contribution in [2.75, 3.05) is 13.7 Å². The molecule has 1 heterocycles. The van der Waals surface area contributed by atoms with Gasteiger partial charge in [-0.3, -0.25) is 4.90 Å². The maximum Gasteiger partial charge on any atom is 0.134 e. The topological polar surface area (TPSA) is 6.48 Å². The van der Waals surface area contributed by atoms with Crippen molar-refractivity contribution >= 4 is 23.2 Å². The Kier molecular flexibility index (Phi) is 2.45. The molecule has 1 aliphatic rings. The molecule has 1 saturated heterocycles. The summed E-state index contributed by atoms with van der Waals surface area (Å²) in [5, 5.41) is 0. The van der Waals surface area contributed by atoms with E-state index in [1.807, 2.05) is 16.8 Å². The summed E-state index contributed by atoms with van der Waals surface area (Å²) in [4.78, 5) is 3.85. The summed E-state index contributed by atoms with van der Waals surface area (Å²) in [6.45, 7) is 4.37. The molecule has 58 valence electrons. The SMILES string of the molecule is C=CN1CN(C)C(Cl)C1Cl. The molecule has 0 aromatic carbocycles. The van der Waals surface area contributed by atoms with Gasteiger partial charge in [0.05, 0.1) is 6.67 Å². The van der Waals surface area contributed by atoms with Crippen LogP contribution in [0.25, 0.3) is 0 Å². The zero-order valence-corrected chi connectivity index (χ0v) is 7.31. The molecule has 0 aromatic rings. The first kappa shape index (κ1) is 8.18. The minimum Gasteiger partial charge on any atom is -0.347 e. The average molecular weight is 181 g/mol. The van der Waals surface area contributed by atoms with Gasteiger partial charge in [0.25, 0.3) is 0 Å². The molecule has 2 unspecified atom stereocenters. The van der Waals surface area contributed by atoms with E-state index in [0.29, 0.717) is 0 Å². The lowest BCUT2D eigenvalue weighted by atomic mass is 10.6. The molecule has 0 amide bonds. The maximum atomic E-state index is 5.90. The number of alkyl halides is 2. The molecule has 0 aliphatic carbocycles. The Labute approximate surface area is 71.0 Å². The predicted octanol–water partition coefficient (Wildman–Crippen LogP) is 1.46. The van der Waals surface area contributed by atoms with Gasteiger partial charge in [-0.25, -0.2) is 0 Å². The molecule has 4 heteroatoms. The van der Waals surface area contributed by atoms with E-state index in [-0.39, 0.29) is 11.0 Å². The quantitative estimate of drug-likeness (QED) is 0.446. The van der Waals surface area contributed by atoms with Crippen LogP contribution in [0.15, 0.2) is 12.8 Å². The normalized spacial score (nSPS) is 34.9. The fraction of sp³-hybridized carbons (Fsp3) is 0.667. The second kappa shape index (κ2) is 2.99. The summed E-state index contributed by atoms with van der Waals surface area (Å²) in [5.41, 5.74) is -0.260. The standard InChI is InChI=1S/C6H10Cl2N2/c1-3-10-4-9(2)5(7)6(10)8/h3,5-6H,1,4H2,2H3. The van der Waals surface area contributed by atoms with Crippen LogP contribution in [-0.2, 0) is 0 Å². The molecule has 2 nitrogen and oxygen atoms in total. The van der Waals surface area contributed by atoms with Gasteiger partial charge in [-0.2, -0.15) is 0 Å². The molecule has 0 radical (unpaired) electrons. The first-order valence-corrected chi connectivity index (χ1v) is 3.91. The van der Waals surface area contributed by atoms with E-state index in [1.54, 1.807) is 6.20 Å². The highest BCUT2D eigenvalue weighted by atomic mass is 35.5. The minimum atomic E-state index is -0.149. The molecule has 1 fully saturated rings. The van der Waals surface area contributed by atoms with Crippen molar-refractivity contribution in [3.05, 3.63) is 12.8 Å². The Balaban J connectivity index is 2.61. The second-order valence-electron chi connectivity index (χ2n) is 2.34. The summed E-state index contributed by atoms with van der Waals surface area (Å²) >= 11 is 11.8. The summed E-state index contributed by atoms with van der Waals surface area (Å²) < 4.78 is 0. The largest absolute Gasteiger partial charge is 0.347 e. The van der Waals surface area contributed by atoms with Crippen LogP contribution in [0.5, 0.6) is 0 Å². The van der Waals surface area contributed by atoms with Crippen molar-refractivity contribution in [1.29, 1.82) is 0 Å². The molecular formula is C6H10Cl2N2.